The van der Waals surface area contributed by atoms with E-state index in [9.17, 15) is 0 Å². The Morgan fingerprint density at radius 2 is 1.70 bits per heavy atom. The third-order valence-electron chi connectivity index (χ3n) is 4.97. The van der Waals surface area contributed by atoms with Crippen LogP contribution in [0.1, 0.15) is 71.9 Å². The van der Waals surface area contributed by atoms with E-state index in [1.165, 1.54) is 17.5 Å². The van der Waals surface area contributed by atoms with Gasteiger partial charge in [-0.25, -0.2) is 0 Å². The second-order valence-corrected chi connectivity index (χ2v) is 10.5. The second-order valence-electron chi connectivity index (χ2n) is 10.5. The third-order valence-corrected chi connectivity index (χ3v) is 4.97. The van der Waals surface area contributed by atoms with E-state index in [1.54, 1.807) is 0 Å². The molecule has 5 nitrogen and oxygen atoms in total. The predicted molar refractivity (Wildman–Crippen MR) is 125 cm³/mol. The van der Waals surface area contributed by atoms with Gasteiger partial charge in [0.25, 0.3) is 0 Å². The fourth-order valence-corrected chi connectivity index (χ4v) is 3.61. The molecule has 1 fully saturated rings. The van der Waals surface area contributed by atoms with Crippen molar-refractivity contribution in [1.29, 1.82) is 0 Å². The van der Waals surface area contributed by atoms with E-state index in [4.69, 9.17) is 9.57 Å². The molecule has 0 atom stereocenters. The predicted octanol–water partition coefficient (Wildman–Crippen LogP) is 4.61. The van der Waals surface area contributed by atoms with E-state index < -0.39 is 0 Å². The number of hydrogen-bond donors (Lipinski definition) is 1. The van der Waals surface area contributed by atoms with Gasteiger partial charge in [0.2, 0.25) is 0 Å². The van der Waals surface area contributed by atoms with Crippen LogP contribution in [0.2, 0.25) is 0 Å². The van der Waals surface area contributed by atoms with E-state index in [0.29, 0.717) is 0 Å². The summed E-state index contributed by atoms with van der Waals surface area (Å²) in [5.41, 5.74) is 2.79. The molecule has 1 saturated heterocycles. The Bertz CT molecular complexity index is 607. The number of ether oxygens (including phenoxy) is 1. The largest absolute Gasteiger partial charge is 0.381 e. The van der Waals surface area contributed by atoms with Crippen LogP contribution in [0, 0.1) is 0 Å². The lowest BCUT2D eigenvalue weighted by atomic mass is 10.0. The van der Waals surface area contributed by atoms with E-state index in [2.05, 4.69) is 81.1 Å². The highest BCUT2D eigenvalue weighted by molar-refractivity contribution is 5.23. The zero-order valence-electron chi connectivity index (χ0n) is 20.3. The number of hydrogen-bond acceptors (Lipinski definition) is 5. The normalized spacial score (nSPS) is 16.9. The Labute approximate surface area is 185 Å². The molecule has 0 aromatic heterocycles. The van der Waals surface area contributed by atoms with Gasteiger partial charge in [-0.1, -0.05) is 24.3 Å². The van der Waals surface area contributed by atoms with Crippen molar-refractivity contribution in [1.82, 2.24) is 15.3 Å². The molecular weight excluding hydrogens is 374 g/mol. The molecule has 1 aliphatic heterocycles. The van der Waals surface area contributed by atoms with Crippen LogP contribution >= 0.6 is 0 Å². The minimum atomic E-state index is -0.116. The van der Waals surface area contributed by atoms with Crippen LogP contribution in [-0.4, -0.2) is 60.6 Å². The SMILES string of the molecule is CC(C)(C)NCc1cccc(CCCOCCCN2CCCN(OC(C)(C)C)C2)c1. The van der Waals surface area contributed by atoms with Crippen molar-refractivity contribution < 1.29 is 9.57 Å². The molecular formula is C25H45N3O2. The molecule has 0 spiro atoms. The summed E-state index contributed by atoms with van der Waals surface area (Å²) in [4.78, 5) is 8.47. The topological polar surface area (TPSA) is 37.0 Å². The van der Waals surface area contributed by atoms with Gasteiger partial charge in [-0.2, -0.15) is 5.06 Å². The molecule has 2 rings (SSSR count). The molecule has 0 radical (unpaired) electrons. The molecule has 0 unspecified atom stereocenters. The van der Waals surface area contributed by atoms with Crippen molar-refractivity contribution in [2.75, 3.05) is 39.5 Å². The summed E-state index contributed by atoms with van der Waals surface area (Å²) in [7, 11) is 0. The fourth-order valence-electron chi connectivity index (χ4n) is 3.61. The average Bonchev–Trinajstić information content (AvgIpc) is 2.64. The molecule has 1 aliphatic rings. The highest BCUT2D eigenvalue weighted by atomic mass is 16.7. The van der Waals surface area contributed by atoms with Crippen molar-refractivity contribution in [2.45, 2.75) is 84.9 Å². The van der Waals surface area contributed by atoms with E-state index >= 15 is 0 Å². The maximum Gasteiger partial charge on any atom is 0.0816 e. The van der Waals surface area contributed by atoms with Gasteiger partial charge in [-0.3, -0.25) is 9.74 Å². The van der Waals surface area contributed by atoms with Crippen molar-refractivity contribution in [3.8, 4) is 0 Å². The lowest BCUT2D eigenvalue weighted by Crippen LogP contribution is -2.47. The smallest absolute Gasteiger partial charge is 0.0816 e. The number of hydroxylamine groups is 2. The average molecular weight is 420 g/mol. The molecule has 0 saturated carbocycles. The van der Waals surface area contributed by atoms with E-state index in [-0.39, 0.29) is 11.1 Å². The lowest BCUT2D eigenvalue weighted by Gasteiger charge is -2.38. The standard InChI is InChI=1S/C25H45N3O2/c1-24(2,3)26-20-23-12-7-11-22(19-23)13-8-17-29-18-10-15-27-14-9-16-28(21-27)30-25(4,5)6/h7,11-12,19,26H,8-10,13-18,20-21H2,1-6H3. The molecule has 0 bridgehead atoms. The van der Waals surface area contributed by atoms with Crippen LogP contribution in [0.5, 0.6) is 0 Å². The summed E-state index contributed by atoms with van der Waals surface area (Å²) in [5, 5.41) is 5.66. The summed E-state index contributed by atoms with van der Waals surface area (Å²) < 4.78 is 5.89. The lowest BCUT2D eigenvalue weighted by molar-refractivity contribution is -0.255. The third kappa shape index (κ3) is 11.4. The van der Waals surface area contributed by atoms with E-state index in [1.807, 2.05) is 0 Å². The molecule has 30 heavy (non-hydrogen) atoms. The Balaban J connectivity index is 1.55. The van der Waals surface area contributed by atoms with Gasteiger partial charge in [0.15, 0.2) is 0 Å². The molecule has 1 heterocycles. The Kier molecular flexibility index (Phi) is 10.2. The van der Waals surface area contributed by atoms with Gasteiger partial charge in [0, 0.05) is 44.9 Å². The number of nitrogens with zero attached hydrogens (tertiary/aromatic N) is 2. The minimum absolute atomic E-state index is 0.116. The van der Waals surface area contributed by atoms with Gasteiger partial charge in [0.1, 0.15) is 0 Å². The molecule has 1 N–H and O–H groups in total. The van der Waals surface area contributed by atoms with Crippen molar-refractivity contribution in [3.05, 3.63) is 35.4 Å². The highest BCUT2D eigenvalue weighted by Gasteiger charge is 2.22. The first-order valence-corrected chi connectivity index (χ1v) is 11.7. The fraction of sp³-hybridized carbons (Fsp3) is 0.760. The number of rotatable bonds is 11. The number of benzene rings is 1. The Morgan fingerprint density at radius 1 is 0.967 bits per heavy atom. The van der Waals surface area contributed by atoms with Gasteiger partial charge in [-0.05, 0) is 78.4 Å². The maximum atomic E-state index is 6.01. The van der Waals surface area contributed by atoms with Crippen LogP contribution in [0.25, 0.3) is 0 Å². The van der Waals surface area contributed by atoms with Crippen molar-refractivity contribution in [2.24, 2.45) is 0 Å². The van der Waals surface area contributed by atoms with Gasteiger partial charge < -0.3 is 10.1 Å². The van der Waals surface area contributed by atoms with Crippen molar-refractivity contribution >= 4 is 0 Å². The molecule has 0 aliphatic carbocycles. The van der Waals surface area contributed by atoms with Crippen LogP contribution in [-0.2, 0) is 22.5 Å². The zero-order valence-corrected chi connectivity index (χ0v) is 20.3. The van der Waals surface area contributed by atoms with Crippen molar-refractivity contribution in [3.63, 3.8) is 0 Å². The first-order valence-electron chi connectivity index (χ1n) is 11.7. The minimum Gasteiger partial charge on any atom is -0.381 e. The van der Waals surface area contributed by atoms with Gasteiger partial charge in [-0.15, -0.1) is 0 Å². The first-order chi connectivity index (χ1) is 14.1. The van der Waals surface area contributed by atoms with Crippen LogP contribution in [0.3, 0.4) is 0 Å². The summed E-state index contributed by atoms with van der Waals surface area (Å²) in [6, 6.07) is 8.91. The molecule has 5 heteroatoms. The molecule has 172 valence electrons. The molecule has 0 amide bonds. The second kappa shape index (κ2) is 12.2. The number of aryl methyl sites for hydroxylation is 1. The highest BCUT2D eigenvalue weighted by Crippen LogP contribution is 2.15. The van der Waals surface area contributed by atoms with E-state index in [0.717, 1.165) is 65.3 Å². The zero-order chi connectivity index (χ0) is 22.0. The summed E-state index contributed by atoms with van der Waals surface area (Å²) in [6.07, 6.45) is 4.40. The van der Waals surface area contributed by atoms with Crippen LogP contribution in [0.15, 0.2) is 24.3 Å². The summed E-state index contributed by atoms with van der Waals surface area (Å²) >= 11 is 0. The summed E-state index contributed by atoms with van der Waals surface area (Å²) in [6.45, 7) is 19.7. The van der Waals surface area contributed by atoms with Crippen LogP contribution < -0.4 is 5.32 Å². The first kappa shape index (κ1) is 25.3. The summed E-state index contributed by atoms with van der Waals surface area (Å²) in [5.74, 6) is 0. The van der Waals surface area contributed by atoms with Gasteiger partial charge in [0.05, 0.1) is 12.3 Å². The molecule has 1 aromatic carbocycles. The van der Waals surface area contributed by atoms with Crippen LogP contribution in [0.4, 0.5) is 0 Å². The maximum absolute atomic E-state index is 6.01. The monoisotopic (exact) mass is 419 g/mol. The quantitative estimate of drug-likeness (QED) is 0.530. The Morgan fingerprint density at radius 3 is 2.43 bits per heavy atom. The molecule has 1 aromatic rings. The Hall–Kier alpha value is -0.980. The number of nitrogens with one attached hydrogen (secondary N) is 1. The van der Waals surface area contributed by atoms with Gasteiger partial charge >= 0.3 is 0 Å².